The van der Waals surface area contributed by atoms with Gasteiger partial charge in [-0.25, -0.2) is 0 Å². The monoisotopic (exact) mass is 401 g/mol. The SMILES string of the molecule is CC/C(=C(/c1ccc(O)cc1)c1ccc(OCCN(C)C)cc1)c1ccc(C)cc1. The minimum absolute atomic E-state index is 0.274. The van der Waals surface area contributed by atoms with Gasteiger partial charge >= 0.3 is 0 Å². The minimum Gasteiger partial charge on any atom is -0.508 e. The number of benzene rings is 3. The van der Waals surface area contributed by atoms with Crippen LogP contribution in [0.15, 0.2) is 72.8 Å². The number of allylic oxidation sites excluding steroid dienone is 1. The Morgan fingerprint density at radius 1 is 0.800 bits per heavy atom. The average Bonchev–Trinajstić information content (AvgIpc) is 2.74. The second kappa shape index (κ2) is 10.1. The molecule has 0 aliphatic carbocycles. The number of hydrogen-bond acceptors (Lipinski definition) is 3. The lowest BCUT2D eigenvalue weighted by Crippen LogP contribution is -2.19. The zero-order valence-electron chi connectivity index (χ0n) is 18.4. The first-order chi connectivity index (χ1) is 14.5. The molecule has 0 saturated carbocycles. The molecule has 0 amide bonds. The lowest BCUT2D eigenvalue weighted by Gasteiger charge is -2.17. The molecule has 0 fully saturated rings. The molecule has 3 aromatic carbocycles. The van der Waals surface area contributed by atoms with E-state index in [1.807, 2.05) is 38.4 Å². The van der Waals surface area contributed by atoms with E-state index < -0.39 is 0 Å². The van der Waals surface area contributed by atoms with Crippen molar-refractivity contribution in [3.8, 4) is 11.5 Å². The predicted octanol–water partition coefficient (Wildman–Crippen LogP) is 6.01. The summed E-state index contributed by atoms with van der Waals surface area (Å²) in [5.41, 5.74) is 7.16. The first-order valence-electron chi connectivity index (χ1n) is 10.5. The van der Waals surface area contributed by atoms with E-state index in [-0.39, 0.29) is 5.75 Å². The van der Waals surface area contributed by atoms with Gasteiger partial charge in [-0.05, 0) is 79.5 Å². The van der Waals surface area contributed by atoms with E-state index in [9.17, 15) is 5.11 Å². The van der Waals surface area contributed by atoms with Gasteiger partial charge in [0.2, 0.25) is 0 Å². The van der Waals surface area contributed by atoms with Crippen molar-refractivity contribution in [3.63, 3.8) is 0 Å². The van der Waals surface area contributed by atoms with Crippen molar-refractivity contribution in [1.29, 1.82) is 0 Å². The molecule has 0 aromatic heterocycles. The maximum Gasteiger partial charge on any atom is 0.119 e. The zero-order chi connectivity index (χ0) is 21.5. The summed E-state index contributed by atoms with van der Waals surface area (Å²) in [5.74, 6) is 1.15. The molecule has 0 bridgehead atoms. The minimum atomic E-state index is 0.274. The normalized spacial score (nSPS) is 12.0. The maximum absolute atomic E-state index is 9.77. The third kappa shape index (κ3) is 5.52. The van der Waals surface area contributed by atoms with Gasteiger partial charge < -0.3 is 14.7 Å². The van der Waals surface area contributed by atoms with E-state index in [1.54, 1.807) is 12.1 Å². The zero-order valence-corrected chi connectivity index (χ0v) is 18.4. The maximum atomic E-state index is 9.77. The summed E-state index contributed by atoms with van der Waals surface area (Å²) in [6, 6.07) is 24.5. The van der Waals surface area contributed by atoms with Crippen molar-refractivity contribution in [3.05, 3.63) is 95.1 Å². The van der Waals surface area contributed by atoms with Gasteiger partial charge in [0.1, 0.15) is 18.1 Å². The van der Waals surface area contributed by atoms with Gasteiger partial charge in [-0.3, -0.25) is 0 Å². The smallest absolute Gasteiger partial charge is 0.119 e. The molecule has 0 heterocycles. The molecule has 30 heavy (non-hydrogen) atoms. The highest BCUT2D eigenvalue weighted by Gasteiger charge is 2.13. The van der Waals surface area contributed by atoms with Crippen LogP contribution in [0.4, 0.5) is 0 Å². The molecule has 0 spiro atoms. The molecule has 156 valence electrons. The molecule has 0 aliphatic heterocycles. The lowest BCUT2D eigenvalue weighted by molar-refractivity contribution is 0.261. The Kier molecular flexibility index (Phi) is 7.31. The van der Waals surface area contributed by atoms with Crippen molar-refractivity contribution >= 4 is 11.1 Å². The van der Waals surface area contributed by atoms with Gasteiger partial charge in [0, 0.05) is 6.54 Å². The molecule has 3 nitrogen and oxygen atoms in total. The summed E-state index contributed by atoms with van der Waals surface area (Å²) >= 11 is 0. The first-order valence-corrected chi connectivity index (χ1v) is 10.5. The molecule has 3 rings (SSSR count). The van der Waals surface area contributed by atoms with Crippen LogP contribution in [0.5, 0.6) is 11.5 Å². The number of nitrogens with zero attached hydrogens (tertiary/aromatic N) is 1. The van der Waals surface area contributed by atoms with Crippen LogP contribution in [0.25, 0.3) is 11.1 Å². The highest BCUT2D eigenvalue weighted by Crippen LogP contribution is 2.35. The highest BCUT2D eigenvalue weighted by molar-refractivity contribution is 5.98. The molecule has 0 saturated heterocycles. The van der Waals surface area contributed by atoms with Gasteiger partial charge in [0.15, 0.2) is 0 Å². The predicted molar refractivity (Wildman–Crippen MR) is 126 cm³/mol. The summed E-state index contributed by atoms with van der Waals surface area (Å²) in [4.78, 5) is 2.11. The van der Waals surface area contributed by atoms with Crippen molar-refractivity contribution < 1.29 is 9.84 Å². The molecule has 0 unspecified atom stereocenters. The molecular weight excluding hydrogens is 370 g/mol. The summed E-state index contributed by atoms with van der Waals surface area (Å²) in [6.45, 7) is 5.84. The Bertz CT molecular complexity index is 969. The molecule has 0 aliphatic rings. The van der Waals surface area contributed by atoms with E-state index in [1.165, 1.54) is 22.3 Å². The number of likely N-dealkylation sites (N-methyl/N-ethyl adjacent to an activating group) is 1. The average molecular weight is 402 g/mol. The fraction of sp³-hybridized carbons (Fsp3) is 0.259. The number of hydrogen-bond donors (Lipinski definition) is 1. The quantitative estimate of drug-likeness (QED) is 0.469. The largest absolute Gasteiger partial charge is 0.508 e. The Morgan fingerprint density at radius 2 is 1.33 bits per heavy atom. The van der Waals surface area contributed by atoms with E-state index in [0.717, 1.165) is 29.8 Å². The van der Waals surface area contributed by atoms with Crippen LogP contribution in [0.2, 0.25) is 0 Å². The molecule has 3 aromatic rings. The van der Waals surface area contributed by atoms with Gasteiger partial charge in [0.25, 0.3) is 0 Å². The molecule has 3 heteroatoms. The van der Waals surface area contributed by atoms with Crippen molar-refractivity contribution in [1.82, 2.24) is 4.90 Å². The van der Waals surface area contributed by atoms with E-state index >= 15 is 0 Å². The number of phenolic OH excluding ortho intramolecular Hbond substituents is 1. The number of rotatable bonds is 8. The van der Waals surface area contributed by atoms with Crippen molar-refractivity contribution in [2.24, 2.45) is 0 Å². The van der Waals surface area contributed by atoms with Gasteiger partial charge in [-0.15, -0.1) is 0 Å². The van der Waals surface area contributed by atoms with Crippen molar-refractivity contribution in [2.75, 3.05) is 27.2 Å². The van der Waals surface area contributed by atoms with Gasteiger partial charge in [-0.2, -0.15) is 0 Å². The van der Waals surface area contributed by atoms with Crippen LogP contribution < -0.4 is 4.74 Å². The summed E-state index contributed by atoms with van der Waals surface area (Å²) in [5, 5.41) is 9.77. The van der Waals surface area contributed by atoms with Crippen LogP contribution in [0, 0.1) is 6.92 Å². The fourth-order valence-corrected chi connectivity index (χ4v) is 3.49. The van der Waals surface area contributed by atoms with Crippen LogP contribution in [-0.4, -0.2) is 37.3 Å². The molecule has 0 atom stereocenters. The Balaban J connectivity index is 2.03. The Labute approximate surface area is 180 Å². The summed E-state index contributed by atoms with van der Waals surface area (Å²) in [7, 11) is 4.08. The third-order valence-electron chi connectivity index (χ3n) is 5.16. The number of aromatic hydroxyl groups is 1. The second-order valence-corrected chi connectivity index (χ2v) is 7.80. The van der Waals surface area contributed by atoms with Crippen LogP contribution >= 0.6 is 0 Å². The topological polar surface area (TPSA) is 32.7 Å². The second-order valence-electron chi connectivity index (χ2n) is 7.80. The van der Waals surface area contributed by atoms with Crippen LogP contribution in [0.1, 0.15) is 35.6 Å². The first kappa shape index (κ1) is 21.7. The van der Waals surface area contributed by atoms with Gasteiger partial charge in [0.05, 0.1) is 0 Å². The molecule has 1 N–H and O–H groups in total. The Hall–Kier alpha value is -3.04. The van der Waals surface area contributed by atoms with E-state index in [0.29, 0.717) is 6.61 Å². The lowest BCUT2D eigenvalue weighted by atomic mass is 9.88. The number of ether oxygens (including phenoxy) is 1. The van der Waals surface area contributed by atoms with Crippen molar-refractivity contribution in [2.45, 2.75) is 20.3 Å². The van der Waals surface area contributed by atoms with Crippen LogP contribution in [-0.2, 0) is 0 Å². The molecule has 0 radical (unpaired) electrons. The summed E-state index contributed by atoms with van der Waals surface area (Å²) in [6.07, 6.45) is 0.903. The van der Waals surface area contributed by atoms with Gasteiger partial charge in [-0.1, -0.05) is 61.0 Å². The number of aryl methyl sites for hydroxylation is 1. The van der Waals surface area contributed by atoms with E-state index in [2.05, 4.69) is 55.1 Å². The fourth-order valence-electron chi connectivity index (χ4n) is 3.49. The van der Waals surface area contributed by atoms with E-state index in [4.69, 9.17) is 4.74 Å². The summed E-state index contributed by atoms with van der Waals surface area (Å²) < 4.78 is 5.87. The standard InChI is InChI=1S/C27H31NO2/c1-5-26(21-8-6-20(2)7-9-21)27(22-10-14-24(29)15-11-22)23-12-16-25(17-13-23)30-19-18-28(3)4/h6-17,29H,5,18-19H2,1-4H3/b27-26+. The molecular formula is C27H31NO2. The third-order valence-corrected chi connectivity index (χ3v) is 5.16. The Morgan fingerprint density at radius 3 is 1.87 bits per heavy atom. The van der Waals surface area contributed by atoms with Crippen LogP contribution in [0.3, 0.4) is 0 Å². The number of phenols is 1. The highest BCUT2D eigenvalue weighted by atomic mass is 16.5.